The van der Waals surface area contributed by atoms with Crippen LogP contribution in [0.15, 0.2) is 42.9 Å². The van der Waals surface area contributed by atoms with Gasteiger partial charge in [0.2, 0.25) is 23.6 Å². The zero-order chi connectivity index (χ0) is 29.2. The molecular weight excluding hydrogens is 538 g/mol. The largest absolute Gasteiger partial charge is 0.480 e. The highest BCUT2D eigenvalue weighted by molar-refractivity contribution is 7.80. The van der Waals surface area contributed by atoms with Gasteiger partial charge in [-0.15, -0.1) is 0 Å². The molecule has 1 fully saturated rings. The van der Waals surface area contributed by atoms with Gasteiger partial charge in [-0.25, -0.2) is 9.78 Å². The second-order valence-corrected chi connectivity index (χ2v) is 10.0. The molecule has 1 aromatic heterocycles. The van der Waals surface area contributed by atoms with Crippen molar-refractivity contribution in [2.75, 3.05) is 12.3 Å². The lowest BCUT2D eigenvalue weighted by Gasteiger charge is -2.29. The van der Waals surface area contributed by atoms with Crippen LogP contribution in [-0.4, -0.2) is 92.1 Å². The number of rotatable bonds is 13. The molecular formula is C26H35N7O6S. The van der Waals surface area contributed by atoms with Crippen LogP contribution in [0.5, 0.6) is 0 Å². The molecule has 216 valence electrons. The summed E-state index contributed by atoms with van der Waals surface area (Å²) < 4.78 is 0. The van der Waals surface area contributed by atoms with E-state index in [1.54, 1.807) is 0 Å². The Kier molecular flexibility index (Phi) is 11.1. The molecule has 0 spiro atoms. The number of aromatic nitrogens is 2. The van der Waals surface area contributed by atoms with Crippen LogP contribution >= 0.6 is 12.6 Å². The Morgan fingerprint density at radius 2 is 1.82 bits per heavy atom. The van der Waals surface area contributed by atoms with Crippen LogP contribution in [0, 0.1) is 0 Å². The van der Waals surface area contributed by atoms with Crippen LogP contribution in [-0.2, 0) is 36.8 Å². The van der Waals surface area contributed by atoms with Gasteiger partial charge < -0.3 is 36.7 Å². The van der Waals surface area contributed by atoms with Crippen LogP contribution in [0.1, 0.15) is 31.0 Å². The van der Waals surface area contributed by atoms with Crippen LogP contribution in [0.3, 0.4) is 0 Å². The SMILES string of the molecule is C[C@H](NC(=O)[C@@H](N)Cc1ccccc1)C(=O)N1CCC[C@H]1C(=O)N[C@@H](CS)C(=O)N[C@@H](Cc1cnc[nH]1)C(=O)O. The molecule has 0 aliphatic carbocycles. The van der Waals surface area contributed by atoms with Crippen molar-refractivity contribution in [2.45, 2.75) is 62.8 Å². The van der Waals surface area contributed by atoms with E-state index >= 15 is 0 Å². The predicted molar refractivity (Wildman–Crippen MR) is 148 cm³/mol. The first-order valence-corrected chi connectivity index (χ1v) is 13.6. The Hall–Kier alpha value is -3.91. The number of hydrogen-bond donors (Lipinski definition) is 7. The summed E-state index contributed by atoms with van der Waals surface area (Å²) in [7, 11) is 0. The van der Waals surface area contributed by atoms with Gasteiger partial charge in [-0.05, 0) is 31.7 Å². The van der Waals surface area contributed by atoms with E-state index < -0.39 is 59.8 Å². The second-order valence-electron chi connectivity index (χ2n) is 9.64. The zero-order valence-corrected chi connectivity index (χ0v) is 23.0. The molecule has 2 aromatic rings. The Labute approximate surface area is 237 Å². The molecule has 7 N–H and O–H groups in total. The number of carbonyl (C=O) groups is 5. The van der Waals surface area contributed by atoms with E-state index in [2.05, 4.69) is 38.5 Å². The molecule has 3 rings (SSSR count). The fourth-order valence-electron chi connectivity index (χ4n) is 4.45. The summed E-state index contributed by atoms with van der Waals surface area (Å²) in [6.45, 7) is 1.83. The van der Waals surface area contributed by atoms with Crippen LogP contribution < -0.4 is 21.7 Å². The monoisotopic (exact) mass is 573 g/mol. The van der Waals surface area contributed by atoms with E-state index in [0.29, 0.717) is 31.5 Å². The number of nitrogens with one attached hydrogen (secondary N) is 4. The fraction of sp³-hybridized carbons (Fsp3) is 0.462. The number of imidazole rings is 1. The fourth-order valence-corrected chi connectivity index (χ4v) is 4.70. The minimum absolute atomic E-state index is 0.0299. The molecule has 0 saturated carbocycles. The first-order chi connectivity index (χ1) is 19.1. The summed E-state index contributed by atoms with van der Waals surface area (Å²) in [5, 5.41) is 17.1. The zero-order valence-electron chi connectivity index (χ0n) is 22.1. The van der Waals surface area contributed by atoms with E-state index in [1.165, 1.54) is 24.3 Å². The van der Waals surface area contributed by atoms with Crippen molar-refractivity contribution in [3.63, 3.8) is 0 Å². The van der Waals surface area contributed by atoms with E-state index in [0.717, 1.165) is 5.56 Å². The van der Waals surface area contributed by atoms with Crippen molar-refractivity contribution >= 4 is 42.2 Å². The topological polar surface area (TPSA) is 200 Å². The van der Waals surface area contributed by atoms with Gasteiger partial charge in [0.25, 0.3) is 0 Å². The highest BCUT2D eigenvalue weighted by Gasteiger charge is 2.38. The van der Waals surface area contributed by atoms with Crippen LogP contribution in [0.4, 0.5) is 0 Å². The number of nitrogens with two attached hydrogens (primary N) is 1. The molecule has 14 heteroatoms. The Morgan fingerprint density at radius 1 is 1.10 bits per heavy atom. The van der Waals surface area contributed by atoms with E-state index in [1.807, 2.05) is 30.3 Å². The molecule has 40 heavy (non-hydrogen) atoms. The number of aliphatic carboxylic acids is 1. The number of aromatic amines is 1. The Morgan fingerprint density at radius 3 is 2.45 bits per heavy atom. The smallest absolute Gasteiger partial charge is 0.326 e. The van der Waals surface area contributed by atoms with Crippen LogP contribution in [0.2, 0.25) is 0 Å². The molecule has 1 aliphatic heterocycles. The molecule has 0 bridgehead atoms. The quantitative estimate of drug-likeness (QED) is 0.148. The van der Waals surface area contributed by atoms with Gasteiger partial charge in [-0.1, -0.05) is 30.3 Å². The number of H-pyrrole nitrogens is 1. The Balaban J connectivity index is 1.56. The number of likely N-dealkylation sites (tertiary alicyclic amines) is 1. The summed E-state index contributed by atoms with van der Waals surface area (Å²) in [5.41, 5.74) is 7.43. The standard InChI is InChI=1S/C26H35N7O6S/c1-15(30-22(34)18(27)10-16-6-3-2-4-7-16)25(37)33-9-5-8-21(33)24(36)32-20(13-40)23(35)31-19(26(38)39)11-17-12-28-14-29-17/h2-4,6-7,12,14-15,18-21,40H,5,8-11,13,27H2,1H3,(H,28,29)(H,30,34)(H,31,35)(H,32,36)(H,38,39)/t15-,18-,19-,20-,21-/m0/s1. The molecule has 1 aromatic carbocycles. The number of thiol groups is 1. The first kappa shape index (κ1) is 30.6. The van der Waals surface area contributed by atoms with Crippen molar-refractivity contribution in [3.8, 4) is 0 Å². The highest BCUT2D eigenvalue weighted by Crippen LogP contribution is 2.19. The maximum Gasteiger partial charge on any atom is 0.326 e. The number of carbonyl (C=O) groups excluding carboxylic acids is 4. The van der Waals surface area contributed by atoms with Crippen molar-refractivity contribution in [1.29, 1.82) is 0 Å². The molecule has 1 aliphatic rings. The predicted octanol–water partition coefficient (Wildman–Crippen LogP) is -0.998. The minimum Gasteiger partial charge on any atom is -0.480 e. The lowest BCUT2D eigenvalue weighted by molar-refractivity contribution is -0.143. The molecule has 0 unspecified atom stereocenters. The van der Waals surface area contributed by atoms with E-state index in [9.17, 15) is 29.1 Å². The van der Waals surface area contributed by atoms with Gasteiger partial charge in [-0.3, -0.25) is 19.2 Å². The molecule has 0 radical (unpaired) electrons. The molecule has 2 heterocycles. The van der Waals surface area contributed by atoms with Crippen molar-refractivity contribution in [3.05, 3.63) is 54.1 Å². The van der Waals surface area contributed by atoms with E-state index in [4.69, 9.17) is 5.73 Å². The third-order valence-electron chi connectivity index (χ3n) is 6.61. The molecule has 13 nitrogen and oxygen atoms in total. The normalized spacial score (nSPS) is 17.8. The van der Waals surface area contributed by atoms with Gasteiger partial charge in [0.1, 0.15) is 24.2 Å². The lowest BCUT2D eigenvalue weighted by atomic mass is 10.1. The summed E-state index contributed by atoms with van der Waals surface area (Å²) in [5.74, 6) is -3.58. The number of benzene rings is 1. The third-order valence-corrected chi connectivity index (χ3v) is 6.98. The van der Waals surface area contributed by atoms with Gasteiger partial charge in [-0.2, -0.15) is 12.6 Å². The maximum atomic E-state index is 13.2. The number of hydrogen-bond acceptors (Lipinski definition) is 8. The second kappa shape index (κ2) is 14.5. The van der Waals surface area contributed by atoms with Gasteiger partial charge in [0, 0.05) is 30.6 Å². The number of amides is 4. The minimum atomic E-state index is -1.26. The summed E-state index contributed by atoms with van der Waals surface area (Å²) in [4.78, 5) is 71.3. The van der Waals surface area contributed by atoms with Crippen molar-refractivity contribution in [1.82, 2.24) is 30.8 Å². The van der Waals surface area contributed by atoms with Crippen molar-refractivity contribution < 1.29 is 29.1 Å². The third kappa shape index (κ3) is 8.29. The Bertz CT molecular complexity index is 1180. The number of carboxylic acid groups (broad SMARTS) is 1. The highest BCUT2D eigenvalue weighted by atomic mass is 32.1. The van der Waals surface area contributed by atoms with Gasteiger partial charge in [0.15, 0.2) is 0 Å². The molecule has 4 amide bonds. The van der Waals surface area contributed by atoms with E-state index in [-0.39, 0.29) is 12.2 Å². The molecule has 5 atom stereocenters. The maximum absolute atomic E-state index is 13.2. The van der Waals surface area contributed by atoms with Gasteiger partial charge in [0.05, 0.1) is 12.4 Å². The average Bonchev–Trinajstić information content (AvgIpc) is 3.63. The molecule has 1 saturated heterocycles. The average molecular weight is 574 g/mol. The first-order valence-electron chi connectivity index (χ1n) is 12.9. The van der Waals surface area contributed by atoms with Gasteiger partial charge >= 0.3 is 5.97 Å². The summed E-state index contributed by atoms with van der Waals surface area (Å²) >= 11 is 4.14. The summed E-state index contributed by atoms with van der Waals surface area (Å²) in [6.07, 6.45) is 4.04. The number of carboxylic acids is 1. The van der Waals surface area contributed by atoms with Crippen LogP contribution in [0.25, 0.3) is 0 Å². The number of nitrogens with zero attached hydrogens (tertiary/aromatic N) is 2. The van der Waals surface area contributed by atoms with Crippen molar-refractivity contribution in [2.24, 2.45) is 5.73 Å². The summed E-state index contributed by atoms with van der Waals surface area (Å²) in [6, 6.07) is 4.23. The lowest BCUT2D eigenvalue weighted by Crippen LogP contribution is -2.58.